The molecule has 0 aliphatic heterocycles. The lowest BCUT2D eigenvalue weighted by Gasteiger charge is -2.20. The zero-order chi connectivity index (χ0) is 15.0. The lowest BCUT2D eigenvalue weighted by atomic mass is 9.91. The second kappa shape index (κ2) is 7.75. The van der Waals surface area contributed by atoms with Crippen LogP contribution in [-0.2, 0) is 14.3 Å². The number of hydrogen-bond donors (Lipinski definition) is 1. The smallest absolute Gasteiger partial charge is 0.311 e. The lowest BCUT2D eigenvalue weighted by molar-refractivity contribution is -0.156. The number of benzene rings is 1. The van der Waals surface area contributed by atoms with Gasteiger partial charge < -0.3 is 19.3 Å². The van der Waals surface area contributed by atoms with Crippen LogP contribution in [0.5, 0.6) is 11.5 Å². The molecule has 1 aromatic rings. The van der Waals surface area contributed by atoms with Crippen LogP contribution in [-0.4, -0.2) is 31.1 Å². The van der Waals surface area contributed by atoms with Crippen molar-refractivity contribution in [3.63, 3.8) is 0 Å². The number of phenols is 1. The molecule has 0 saturated heterocycles. The van der Waals surface area contributed by atoms with Crippen LogP contribution >= 0.6 is 0 Å². The average Bonchev–Trinajstić information content (AvgIpc) is 2.42. The van der Waals surface area contributed by atoms with Gasteiger partial charge in [-0.15, -0.1) is 0 Å². The molecular weight excluding hydrogens is 260 g/mol. The van der Waals surface area contributed by atoms with E-state index in [-0.39, 0.29) is 31.7 Å². The molecule has 0 unspecified atom stereocenters. The third-order valence-corrected chi connectivity index (χ3v) is 3.02. The number of esters is 1. The number of rotatable bonds is 8. The number of ether oxygens (including phenoxy) is 3. The molecule has 0 saturated carbocycles. The van der Waals surface area contributed by atoms with Gasteiger partial charge in [0.05, 0.1) is 12.0 Å². The van der Waals surface area contributed by atoms with Crippen LogP contribution in [0.25, 0.3) is 0 Å². The van der Waals surface area contributed by atoms with Crippen molar-refractivity contribution in [2.75, 3.05) is 20.0 Å². The van der Waals surface area contributed by atoms with Gasteiger partial charge >= 0.3 is 5.97 Å². The molecule has 0 spiro atoms. The van der Waals surface area contributed by atoms with Crippen molar-refractivity contribution in [3.05, 3.63) is 24.3 Å². The molecule has 1 rings (SSSR count). The number of carbonyl (C=O) groups excluding carboxylic acids is 1. The molecule has 5 nitrogen and oxygen atoms in total. The van der Waals surface area contributed by atoms with Gasteiger partial charge in [0.15, 0.2) is 6.79 Å². The Morgan fingerprint density at radius 2 is 2.05 bits per heavy atom. The highest BCUT2D eigenvalue weighted by molar-refractivity contribution is 5.75. The lowest BCUT2D eigenvalue weighted by Crippen LogP contribution is -2.27. The Balaban J connectivity index is 2.13. The summed E-state index contributed by atoms with van der Waals surface area (Å²) in [5, 5.41) is 9.24. The summed E-state index contributed by atoms with van der Waals surface area (Å²) >= 11 is 0. The SMILES string of the molecule is CCC(C)(C)C(=O)OCCOCOc1cccc(O)c1. The predicted octanol–water partition coefficient (Wildman–Crippen LogP) is 2.72. The maximum absolute atomic E-state index is 11.7. The highest BCUT2D eigenvalue weighted by atomic mass is 16.7. The van der Waals surface area contributed by atoms with E-state index in [0.717, 1.165) is 6.42 Å². The van der Waals surface area contributed by atoms with E-state index in [9.17, 15) is 9.90 Å². The molecule has 1 N–H and O–H groups in total. The molecule has 0 atom stereocenters. The summed E-state index contributed by atoms with van der Waals surface area (Å²) in [7, 11) is 0. The Bertz CT molecular complexity index is 428. The van der Waals surface area contributed by atoms with E-state index >= 15 is 0 Å². The van der Waals surface area contributed by atoms with E-state index in [1.165, 1.54) is 6.07 Å². The van der Waals surface area contributed by atoms with Crippen LogP contribution in [0.2, 0.25) is 0 Å². The molecule has 112 valence electrons. The van der Waals surface area contributed by atoms with E-state index in [1.807, 2.05) is 20.8 Å². The second-order valence-electron chi connectivity index (χ2n) is 5.04. The molecule has 0 bridgehead atoms. The third-order valence-electron chi connectivity index (χ3n) is 3.02. The highest BCUT2D eigenvalue weighted by Crippen LogP contribution is 2.21. The van der Waals surface area contributed by atoms with Gasteiger partial charge in [0.25, 0.3) is 0 Å². The number of phenolic OH excluding ortho intramolecular Hbond substituents is 1. The Morgan fingerprint density at radius 1 is 1.30 bits per heavy atom. The van der Waals surface area contributed by atoms with Crippen LogP contribution in [0.4, 0.5) is 0 Å². The van der Waals surface area contributed by atoms with Gasteiger partial charge in [-0.25, -0.2) is 0 Å². The van der Waals surface area contributed by atoms with Gasteiger partial charge in [0.1, 0.15) is 18.1 Å². The predicted molar refractivity (Wildman–Crippen MR) is 74.6 cm³/mol. The van der Waals surface area contributed by atoms with Crippen LogP contribution in [0.1, 0.15) is 27.2 Å². The first-order chi connectivity index (χ1) is 9.45. The Labute approximate surface area is 119 Å². The van der Waals surface area contributed by atoms with Gasteiger partial charge in [0, 0.05) is 6.07 Å². The second-order valence-corrected chi connectivity index (χ2v) is 5.04. The van der Waals surface area contributed by atoms with Gasteiger partial charge in [-0.2, -0.15) is 0 Å². The summed E-state index contributed by atoms with van der Waals surface area (Å²) < 4.78 is 15.6. The summed E-state index contributed by atoms with van der Waals surface area (Å²) in [5.74, 6) is 0.435. The molecule has 20 heavy (non-hydrogen) atoms. The van der Waals surface area contributed by atoms with Gasteiger partial charge in [-0.3, -0.25) is 4.79 Å². The molecule has 0 aliphatic carbocycles. The average molecular weight is 282 g/mol. The van der Waals surface area contributed by atoms with Crippen LogP contribution in [0.3, 0.4) is 0 Å². The normalized spacial score (nSPS) is 11.2. The first-order valence-corrected chi connectivity index (χ1v) is 6.62. The Kier molecular flexibility index (Phi) is 6.31. The van der Waals surface area contributed by atoms with Crippen molar-refractivity contribution < 1.29 is 24.1 Å². The quantitative estimate of drug-likeness (QED) is 0.451. The number of hydrogen-bond acceptors (Lipinski definition) is 5. The molecule has 0 radical (unpaired) electrons. The molecule has 1 aromatic carbocycles. The number of carbonyl (C=O) groups is 1. The van der Waals surface area contributed by atoms with Crippen molar-refractivity contribution in [1.82, 2.24) is 0 Å². The maximum atomic E-state index is 11.7. The Hall–Kier alpha value is -1.75. The van der Waals surface area contributed by atoms with E-state index in [1.54, 1.807) is 18.2 Å². The fraction of sp³-hybridized carbons (Fsp3) is 0.533. The van der Waals surface area contributed by atoms with Crippen molar-refractivity contribution >= 4 is 5.97 Å². The summed E-state index contributed by atoms with van der Waals surface area (Å²) in [6, 6.07) is 6.45. The molecule has 0 heterocycles. The summed E-state index contributed by atoms with van der Waals surface area (Å²) in [6.07, 6.45) is 0.729. The summed E-state index contributed by atoms with van der Waals surface area (Å²) in [5.41, 5.74) is -0.460. The van der Waals surface area contributed by atoms with Gasteiger partial charge in [-0.05, 0) is 32.4 Å². The minimum Gasteiger partial charge on any atom is -0.508 e. The van der Waals surface area contributed by atoms with Gasteiger partial charge in [0.2, 0.25) is 0 Å². The fourth-order valence-corrected chi connectivity index (χ4v) is 1.27. The topological polar surface area (TPSA) is 65.0 Å². The minimum atomic E-state index is -0.460. The van der Waals surface area contributed by atoms with Crippen LogP contribution in [0.15, 0.2) is 24.3 Å². The zero-order valence-electron chi connectivity index (χ0n) is 12.2. The first-order valence-electron chi connectivity index (χ1n) is 6.62. The molecule has 0 aliphatic rings. The molecule has 5 heteroatoms. The van der Waals surface area contributed by atoms with Crippen LogP contribution < -0.4 is 4.74 Å². The molecule has 0 fully saturated rings. The van der Waals surface area contributed by atoms with Crippen LogP contribution in [0, 0.1) is 5.41 Å². The largest absolute Gasteiger partial charge is 0.508 e. The molecular formula is C15H22O5. The fourth-order valence-electron chi connectivity index (χ4n) is 1.27. The summed E-state index contributed by atoms with van der Waals surface area (Å²) in [4.78, 5) is 11.7. The molecule has 0 aromatic heterocycles. The van der Waals surface area contributed by atoms with E-state index < -0.39 is 5.41 Å². The van der Waals surface area contributed by atoms with Crippen molar-refractivity contribution in [2.45, 2.75) is 27.2 Å². The first kappa shape index (κ1) is 16.3. The van der Waals surface area contributed by atoms with E-state index in [2.05, 4.69) is 0 Å². The minimum absolute atomic E-state index is 0.0399. The van der Waals surface area contributed by atoms with Crippen molar-refractivity contribution in [3.8, 4) is 11.5 Å². The number of aromatic hydroxyl groups is 1. The van der Waals surface area contributed by atoms with E-state index in [0.29, 0.717) is 5.75 Å². The monoisotopic (exact) mass is 282 g/mol. The zero-order valence-corrected chi connectivity index (χ0v) is 12.2. The summed E-state index contributed by atoms with van der Waals surface area (Å²) in [6.45, 7) is 6.15. The maximum Gasteiger partial charge on any atom is 0.311 e. The standard InChI is InChI=1S/C15H22O5/c1-4-15(2,3)14(17)19-9-8-18-11-20-13-7-5-6-12(16)10-13/h5-7,10,16H,4,8-9,11H2,1-3H3. The Morgan fingerprint density at radius 3 is 2.70 bits per heavy atom. The van der Waals surface area contributed by atoms with Gasteiger partial charge in [-0.1, -0.05) is 13.0 Å². The molecule has 0 amide bonds. The van der Waals surface area contributed by atoms with Crippen molar-refractivity contribution in [2.24, 2.45) is 5.41 Å². The van der Waals surface area contributed by atoms with Crippen molar-refractivity contribution in [1.29, 1.82) is 0 Å². The van der Waals surface area contributed by atoms with E-state index in [4.69, 9.17) is 14.2 Å². The highest BCUT2D eigenvalue weighted by Gasteiger charge is 2.26. The third kappa shape index (κ3) is 5.48.